The molecule has 5 rings (SSSR count). The van der Waals surface area contributed by atoms with Gasteiger partial charge in [-0.1, -0.05) is 6.07 Å². The summed E-state index contributed by atoms with van der Waals surface area (Å²) < 4.78 is 0. The fraction of sp³-hybridized carbons (Fsp3) is 0.462. The fourth-order valence-corrected chi connectivity index (χ4v) is 6.03. The minimum absolute atomic E-state index is 0.0839. The predicted molar refractivity (Wildman–Crippen MR) is 134 cm³/mol. The van der Waals surface area contributed by atoms with Crippen molar-refractivity contribution >= 4 is 28.9 Å². The fourth-order valence-electron chi connectivity index (χ4n) is 4.97. The molecule has 7 nitrogen and oxygen atoms in total. The minimum atomic E-state index is -0.363. The molecule has 1 unspecified atom stereocenters. The van der Waals surface area contributed by atoms with Crippen LogP contribution in [0, 0.1) is 12.8 Å². The Bertz CT molecular complexity index is 1140. The number of aliphatic hydroxyl groups excluding tert-OH is 1. The summed E-state index contributed by atoms with van der Waals surface area (Å²) in [4.78, 5) is 29.7. The molecule has 0 aromatic carbocycles. The number of aliphatic hydroxyl groups is 1. The highest BCUT2D eigenvalue weighted by Crippen LogP contribution is 2.40. The lowest BCUT2D eigenvalue weighted by atomic mass is 9.81. The van der Waals surface area contributed by atoms with E-state index in [2.05, 4.69) is 10.3 Å². The molecule has 178 valence electrons. The number of hydrogen-bond donors (Lipinski definition) is 2. The zero-order valence-electron chi connectivity index (χ0n) is 19.5. The molecule has 4 heterocycles. The summed E-state index contributed by atoms with van der Waals surface area (Å²) in [6.45, 7) is 3.32. The highest BCUT2D eigenvalue weighted by Gasteiger charge is 2.32. The van der Waals surface area contributed by atoms with Crippen molar-refractivity contribution in [2.75, 3.05) is 18.4 Å². The standard InChI is InChI=1S/C26H31N5O2S/c1-17-11-12-27-24(14-17)30-23-6-2-5-21(29-23)22-15-28-25(34-22)18-7-9-19(10-8-18)26(33)31-13-3-4-20(32)16-31/h2,5-6,11-12,14-15,18-20,32H,3-4,7-10,13,16H2,1H3,(H,27,29,30)/t18-,19-,20?. The minimum Gasteiger partial charge on any atom is -0.391 e. The van der Waals surface area contributed by atoms with Crippen LogP contribution in [-0.4, -0.2) is 50.1 Å². The smallest absolute Gasteiger partial charge is 0.225 e. The lowest BCUT2D eigenvalue weighted by Crippen LogP contribution is -2.45. The normalized spacial score (nSPS) is 23.0. The first-order valence-corrected chi connectivity index (χ1v) is 13.0. The number of hydrogen-bond acceptors (Lipinski definition) is 7. The van der Waals surface area contributed by atoms with Crippen molar-refractivity contribution in [3.05, 3.63) is 53.3 Å². The first-order chi connectivity index (χ1) is 16.5. The molecule has 1 aliphatic heterocycles. The maximum Gasteiger partial charge on any atom is 0.225 e. The van der Waals surface area contributed by atoms with Crippen LogP contribution in [0.4, 0.5) is 11.6 Å². The van der Waals surface area contributed by atoms with Crippen LogP contribution in [0.2, 0.25) is 0 Å². The summed E-state index contributed by atoms with van der Waals surface area (Å²) in [6, 6.07) is 9.90. The maximum absolute atomic E-state index is 12.9. The van der Waals surface area contributed by atoms with Gasteiger partial charge in [-0.2, -0.15) is 0 Å². The van der Waals surface area contributed by atoms with Crippen molar-refractivity contribution in [1.82, 2.24) is 19.9 Å². The maximum atomic E-state index is 12.9. The Morgan fingerprint density at radius 1 is 1.12 bits per heavy atom. The first kappa shape index (κ1) is 22.9. The van der Waals surface area contributed by atoms with E-state index in [9.17, 15) is 9.90 Å². The van der Waals surface area contributed by atoms with E-state index in [1.807, 2.05) is 48.4 Å². The molecule has 1 saturated heterocycles. The van der Waals surface area contributed by atoms with Gasteiger partial charge in [0.15, 0.2) is 0 Å². The second-order valence-electron chi connectivity index (χ2n) is 9.44. The van der Waals surface area contributed by atoms with Gasteiger partial charge < -0.3 is 15.3 Å². The summed E-state index contributed by atoms with van der Waals surface area (Å²) in [5, 5.41) is 14.3. The third kappa shape index (κ3) is 5.28. The van der Waals surface area contributed by atoms with Crippen molar-refractivity contribution in [3.8, 4) is 10.6 Å². The van der Waals surface area contributed by atoms with E-state index in [0.29, 0.717) is 12.5 Å². The number of aromatic nitrogens is 3. The Hall–Kier alpha value is -2.84. The molecule has 1 saturated carbocycles. The molecule has 0 spiro atoms. The molecule has 2 fully saturated rings. The number of rotatable bonds is 5. The molecule has 0 radical (unpaired) electrons. The van der Waals surface area contributed by atoms with E-state index in [-0.39, 0.29) is 17.9 Å². The number of thiazole rings is 1. The molecule has 0 bridgehead atoms. The third-order valence-electron chi connectivity index (χ3n) is 6.83. The number of pyridine rings is 2. The molecule has 1 amide bonds. The molecule has 34 heavy (non-hydrogen) atoms. The van der Waals surface area contributed by atoms with Gasteiger partial charge in [0.25, 0.3) is 0 Å². The van der Waals surface area contributed by atoms with Crippen molar-refractivity contribution < 1.29 is 9.90 Å². The van der Waals surface area contributed by atoms with Crippen molar-refractivity contribution in [1.29, 1.82) is 0 Å². The second-order valence-corrected chi connectivity index (χ2v) is 10.5. The van der Waals surface area contributed by atoms with Crippen LogP contribution in [0.5, 0.6) is 0 Å². The molecule has 1 aliphatic carbocycles. The molecule has 2 N–H and O–H groups in total. The Kier molecular flexibility index (Phi) is 6.87. The van der Waals surface area contributed by atoms with E-state index >= 15 is 0 Å². The summed E-state index contributed by atoms with van der Waals surface area (Å²) in [6.07, 6.45) is 8.80. The number of likely N-dealkylation sites (tertiary alicyclic amines) is 1. The van der Waals surface area contributed by atoms with Crippen LogP contribution in [0.15, 0.2) is 42.7 Å². The van der Waals surface area contributed by atoms with Crippen LogP contribution in [0.3, 0.4) is 0 Å². The zero-order chi connectivity index (χ0) is 23.5. The van der Waals surface area contributed by atoms with Gasteiger partial charge in [0, 0.05) is 37.3 Å². The monoisotopic (exact) mass is 477 g/mol. The quantitative estimate of drug-likeness (QED) is 0.543. The lowest BCUT2D eigenvalue weighted by Gasteiger charge is -2.35. The molecular formula is C26H31N5O2S. The van der Waals surface area contributed by atoms with E-state index in [1.54, 1.807) is 17.5 Å². The van der Waals surface area contributed by atoms with Crippen LogP contribution in [0.25, 0.3) is 10.6 Å². The summed E-state index contributed by atoms with van der Waals surface area (Å²) in [5.74, 6) is 2.24. The van der Waals surface area contributed by atoms with Gasteiger partial charge >= 0.3 is 0 Å². The van der Waals surface area contributed by atoms with Crippen LogP contribution in [0.1, 0.15) is 55.0 Å². The Morgan fingerprint density at radius 2 is 1.97 bits per heavy atom. The molecular weight excluding hydrogens is 446 g/mol. The number of β-amino-alcohol motifs (C(OH)–C–C–N with tert-alkyl or cyclic N) is 1. The van der Waals surface area contributed by atoms with Gasteiger partial charge in [-0.3, -0.25) is 4.79 Å². The largest absolute Gasteiger partial charge is 0.391 e. The average Bonchev–Trinajstić information content (AvgIpc) is 3.34. The SMILES string of the molecule is Cc1ccnc(Nc2cccc(-c3cnc([C@H]4CC[C@H](C(=O)N5CCCC(O)C5)CC4)s3)n2)c1. The molecule has 3 aromatic rings. The molecule has 3 aromatic heterocycles. The Labute approximate surface area is 204 Å². The van der Waals surface area contributed by atoms with Gasteiger partial charge in [0.05, 0.1) is 21.7 Å². The van der Waals surface area contributed by atoms with E-state index < -0.39 is 0 Å². The molecule has 1 atom stereocenters. The van der Waals surface area contributed by atoms with Crippen molar-refractivity contribution in [3.63, 3.8) is 0 Å². The number of nitrogens with zero attached hydrogens (tertiary/aromatic N) is 4. The van der Waals surface area contributed by atoms with Crippen LogP contribution >= 0.6 is 11.3 Å². The van der Waals surface area contributed by atoms with Crippen LogP contribution in [-0.2, 0) is 4.79 Å². The lowest BCUT2D eigenvalue weighted by molar-refractivity contribution is -0.139. The molecule has 8 heteroatoms. The summed E-state index contributed by atoms with van der Waals surface area (Å²) in [7, 11) is 0. The summed E-state index contributed by atoms with van der Waals surface area (Å²) in [5.41, 5.74) is 2.04. The Morgan fingerprint density at radius 3 is 2.76 bits per heavy atom. The molecule has 2 aliphatic rings. The van der Waals surface area contributed by atoms with Gasteiger partial charge in [-0.15, -0.1) is 11.3 Å². The van der Waals surface area contributed by atoms with Gasteiger partial charge in [-0.05, 0) is 75.3 Å². The number of nitrogens with one attached hydrogen (secondary N) is 1. The van der Waals surface area contributed by atoms with Gasteiger partial charge in [0.2, 0.25) is 5.91 Å². The van der Waals surface area contributed by atoms with E-state index in [1.165, 1.54) is 0 Å². The number of aryl methyl sites for hydroxylation is 1. The van der Waals surface area contributed by atoms with E-state index in [0.717, 1.165) is 77.8 Å². The van der Waals surface area contributed by atoms with Crippen molar-refractivity contribution in [2.24, 2.45) is 5.92 Å². The highest BCUT2D eigenvalue weighted by atomic mass is 32.1. The number of piperidine rings is 1. The second kappa shape index (κ2) is 10.2. The van der Waals surface area contributed by atoms with Crippen molar-refractivity contribution in [2.45, 2.75) is 57.5 Å². The third-order valence-corrected chi connectivity index (χ3v) is 8.01. The number of amides is 1. The van der Waals surface area contributed by atoms with E-state index in [4.69, 9.17) is 9.97 Å². The average molecular weight is 478 g/mol. The number of carbonyl (C=O) groups excluding carboxylic acids is 1. The predicted octanol–water partition coefficient (Wildman–Crippen LogP) is 4.91. The summed E-state index contributed by atoms with van der Waals surface area (Å²) >= 11 is 1.70. The highest BCUT2D eigenvalue weighted by molar-refractivity contribution is 7.15. The topological polar surface area (TPSA) is 91.2 Å². The van der Waals surface area contributed by atoms with Gasteiger partial charge in [0.1, 0.15) is 11.6 Å². The van der Waals surface area contributed by atoms with Gasteiger partial charge in [-0.25, -0.2) is 15.0 Å². The Balaban J connectivity index is 1.21. The zero-order valence-corrected chi connectivity index (χ0v) is 20.3. The first-order valence-electron chi connectivity index (χ1n) is 12.1. The number of carbonyl (C=O) groups is 1. The number of anilines is 2. The van der Waals surface area contributed by atoms with Crippen LogP contribution < -0.4 is 5.32 Å².